The molecule has 0 saturated heterocycles. The molecule has 1 aliphatic rings. The van der Waals surface area contributed by atoms with E-state index in [0.29, 0.717) is 0 Å². The number of ether oxygens (including phenoxy) is 1. The maximum Gasteiger partial charge on any atom is 1.00 e. The largest absolute Gasteiger partial charge is 1.00 e. The van der Waals surface area contributed by atoms with Crippen LogP contribution in [0.4, 0.5) is 8.63 Å². The van der Waals surface area contributed by atoms with Crippen LogP contribution in [0.15, 0.2) is 0 Å². The zero-order valence-electron chi connectivity index (χ0n) is 7.94. The van der Waals surface area contributed by atoms with Crippen molar-refractivity contribution in [3.63, 3.8) is 0 Å². The topological polar surface area (TPSA) is 9.23 Å². The summed E-state index contributed by atoms with van der Waals surface area (Å²) in [4.78, 5) is 0. The van der Waals surface area contributed by atoms with Gasteiger partial charge in [0.2, 0.25) is 0 Å². The number of halogens is 3. The van der Waals surface area contributed by atoms with Crippen molar-refractivity contribution < 1.29 is 69.5 Å². The molecule has 0 N–H and O–H groups in total. The summed E-state index contributed by atoms with van der Waals surface area (Å²) in [5.74, 6) is 0. The number of hydrogen-bond acceptors (Lipinski definition) is 1. The molecule has 1 aliphatic carbocycles. The van der Waals surface area contributed by atoms with Crippen molar-refractivity contribution in [1.82, 2.24) is 0 Å². The predicted molar refractivity (Wildman–Crippen MR) is 40.8 cm³/mol. The average molecular weight is 220 g/mol. The minimum absolute atomic E-state index is 0. The minimum atomic E-state index is -2.31. The normalized spacial score (nSPS) is 17.1. The van der Waals surface area contributed by atoms with Crippen LogP contribution in [0.5, 0.6) is 0 Å². The maximum atomic E-state index is 11.7. The van der Waals surface area contributed by atoms with E-state index in [-0.39, 0.29) is 68.7 Å². The second-order valence-corrected chi connectivity index (χ2v) is 2.98. The Labute approximate surface area is 120 Å². The molecule has 0 atom stereocenters. The Morgan fingerprint density at radius 2 is 1.69 bits per heavy atom. The summed E-state index contributed by atoms with van der Waals surface area (Å²) in [7, 11) is -2.31. The van der Waals surface area contributed by atoms with Crippen LogP contribution >= 0.6 is 0 Å². The molecule has 0 aliphatic heterocycles. The molecule has 0 aromatic rings. The van der Waals surface area contributed by atoms with Crippen LogP contribution in [-0.2, 0) is 4.74 Å². The molecule has 0 spiro atoms. The quantitative estimate of drug-likeness (QED) is 0.445. The van der Waals surface area contributed by atoms with Crippen molar-refractivity contribution in [3.05, 3.63) is 0 Å². The second-order valence-electron chi connectivity index (χ2n) is 2.98. The standard InChI is InChI=1S/C7H13BF2O.FH.K/c9-8(10)6-11-7-4-2-1-3-5-7;;/h7H,1-6H2;1H;/q;;+1/p-1. The zero-order chi connectivity index (χ0) is 8.10. The fraction of sp³-hybridized carbons (Fsp3) is 1.00. The van der Waals surface area contributed by atoms with Gasteiger partial charge in [-0.1, -0.05) is 19.3 Å². The van der Waals surface area contributed by atoms with E-state index in [9.17, 15) is 8.63 Å². The van der Waals surface area contributed by atoms with E-state index in [1.54, 1.807) is 0 Å². The Bertz CT molecular complexity index is 112. The van der Waals surface area contributed by atoms with E-state index in [1.165, 1.54) is 6.42 Å². The number of rotatable bonds is 3. The molecule has 13 heavy (non-hydrogen) atoms. The van der Waals surface area contributed by atoms with Crippen LogP contribution in [0.2, 0.25) is 0 Å². The fourth-order valence-corrected chi connectivity index (χ4v) is 1.44. The first-order valence-electron chi connectivity index (χ1n) is 4.19. The van der Waals surface area contributed by atoms with E-state index < -0.39 is 7.27 Å². The molecule has 72 valence electrons. The molecule has 0 heterocycles. The molecule has 1 nitrogen and oxygen atoms in total. The molecule has 1 rings (SSSR count). The van der Waals surface area contributed by atoms with Crippen molar-refractivity contribution in [1.29, 1.82) is 0 Å². The van der Waals surface area contributed by atoms with Gasteiger partial charge in [-0.05, 0) is 12.8 Å². The van der Waals surface area contributed by atoms with Gasteiger partial charge < -0.3 is 9.44 Å². The molecular weight excluding hydrogens is 207 g/mol. The Balaban J connectivity index is 0. The minimum Gasteiger partial charge on any atom is -1.00 e. The monoisotopic (exact) mass is 220 g/mol. The molecule has 0 unspecified atom stereocenters. The third-order valence-corrected chi connectivity index (χ3v) is 2.01. The van der Waals surface area contributed by atoms with E-state index in [1.807, 2.05) is 0 Å². The Hall–Kier alpha value is 1.45. The van der Waals surface area contributed by atoms with Crippen LogP contribution < -0.4 is 56.1 Å². The third-order valence-electron chi connectivity index (χ3n) is 2.01. The summed E-state index contributed by atoms with van der Waals surface area (Å²) >= 11 is 0. The predicted octanol–water partition coefficient (Wildman–Crippen LogP) is -3.69. The van der Waals surface area contributed by atoms with E-state index in [0.717, 1.165) is 25.7 Å². The molecule has 0 amide bonds. The molecule has 6 heteroatoms. The molecule has 1 fully saturated rings. The summed E-state index contributed by atoms with van der Waals surface area (Å²) in [6, 6.07) is 0. The molecule has 1 saturated carbocycles. The van der Waals surface area contributed by atoms with Gasteiger partial charge in [0.15, 0.2) is 0 Å². The summed E-state index contributed by atoms with van der Waals surface area (Å²) in [6.45, 7) is -0.384. The summed E-state index contributed by atoms with van der Waals surface area (Å²) < 4.78 is 28.3. The third kappa shape index (κ3) is 8.45. The van der Waals surface area contributed by atoms with Gasteiger partial charge in [-0.2, -0.15) is 0 Å². The molecule has 0 bridgehead atoms. The molecule has 0 radical (unpaired) electrons. The first kappa shape index (κ1) is 16.9. The van der Waals surface area contributed by atoms with Gasteiger partial charge in [-0.15, -0.1) is 0 Å². The summed E-state index contributed by atoms with van der Waals surface area (Å²) in [5.41, 5.74) is 0. The van der Waals surface area contributed by atoms with Gasteiger partial charge >= 0.3 is 58.7 Å². The van der Waals surface area contributed by atoms with E-state index in [2.05, 4.69) is 0 Å². The first-order valence-corrected chi connectivity index (χ1v) is 4.19. The van der Waals surface area contributed by atoms with Crippen molar-refractivity contribution in [2.24, 2.45) is 0 Å². The van der Waals surface area contributed by atoms with E-state index >= 15 is 0 Å². The Kier molecular flexibility index (Phi) is 13.0. The molecule has 0 aromatic heterocycles. The summed E-state index contributed by atoms with van der Waals surface area (Å²) in [5, 5.41) is 0. The first-order chi connectivity index (χ1) is 5.29. The van der Waals surface area contributed by atoms with Gasteiger partial charge in [0, 0.05) is 0 Å². The Morgan fingerprint density at radius 1 is 1.15 bits per heavy atom. The van der Waals surface area contributed by atoms with Gasteiger partial charge in [0.05, 0.1) is 12.6 Å². The smallest absolute Gasteiger partial charge is 1.00 e. The van der Waals surface area contributed by atoms with Crippen LogP contribution in [0.3, 0.4) is 0 Å². The van der Waals surface area contributed by atoms with Crippen LogP contribution in [0.25, 0.3) is 0 Å². The zero-order valence-corrected chi connectivity index (χ0v) is 11.1. The summed E-state index contributed by atoms with van der Waals surface area (Å²) in [6.07, 6.45) is 5.54. The van der Waals surface area contributed by atoms with Crippen LogP contribution in [0.1, 0.15) is 32.1 Å². The SMILES string of the molecule is FB(F)COC1CCCCC1.[F-].[K+]. The van der Waals surface area contributed by atoms with Crippen molar-refractivity contribution in [2.75, 3.05) is 6.51 Å². The van der Waals surface area contributed by atoms with Gasteiger partial charge in [-0.25, -0.2) is 0 Å². The average Bonchev–Trinajstić information content (AvgIpc) is 2.03. The van der Waals surface area contributed by atoms with Crippen molar-refractivity contribution in [2.45, 2.75) is 38.2 Å². The van der Waals surface area contributed by atoms with Gasteiger partial charge in [0.1, 0.15) is 0 Å². The van der Waals surface area contributed by atoms with E-state index in [4.69, 9.17) is 4.74 Å². The van der Waals surface area contributed by atoms with Crippen molar-refractivity contribution in [3.8, 4) is 0 Å². The van der Waals surface area contributed by atoms with Gasteiger partial charge in [0.25, 0.3) is 0 Å². The maximum absolute atomic E-state index is 11.7. The Morgan fingerprint density at radius 3 is 2.15 bits per heavy atom. The van der Waals surface area contributed by atoms with Gasteiger partial charge in [-0.3, -0.25) is 8.63 Å². The van der Waals surface area contributed by atoms with Crippen molar-refractivity contribution >= 4 is 7.27 Å². The van der Waals surface area contributed by atoms with Crippen LogP contribution in [0, 0.1) is 0 Å². The fourth-order valence-electron chi connectivity index (χ4n) is 1.44. The number of hydrogen-bond donors (Lipinski definition) is 0. The second kappa shape index (κ2) is 9.99. The molecule has 0 aromatic carbocycles. The molecular formula is C7H13BF3KO. The van der Waals surface area contributed by atoms with Crippen LogP contribution in [-0.4, -0.2) is 19.9 Å².